The number of thiophene rings is 1. The monoisotopic (exact) mass is 292 g/mol. The van der Waals surface area contributed by atoms with Gasteiger partial charge in [0.15, 0.2) is 0 Å². The van der Waals surface area contributed by atoms with Crippen LogP contribution in [0, 0.1) is 5.82 Å². The summed E-state index contributed by atoms with van der Waals surface area (Å²) in [6.07, 6.45) is 0.730. The van der Waals surface area contributed by atoms with Crippen molar-refractivity contribution in [1.82, 2.24) is 10.1 Å². The molecule has 20 heavy (non-hydrogen) atoms. The van der Waals surface area contributed by atoms with E-state index < -0.39 is 6.10 Å². The van der Waals surface area contributed by atoms with E-state index in [1.54, 1.807) is 6.07 Å². The van der Waals surface area contributed by atoms with E-state index in [9.17, 15) is 9.50 Å². The maximum atomic E-state index is 13.2. The number of hydrogen-bond acceptors (Lipinski definition) is 5. The molecule has 0 fully saturated rings. The van der Waals surface area contributed by atoms with E-state index in [1.165, 1.54) is 23.5 Å². The van der Waals surface area contributed by atoms with Crippen LogP contribution in [0.2, 0.25) is 0 Å². The van der Waals surface area contributed by atoms with Gasteiger partial charge in [-0.3, -0.25) is 0 Å². The predicted octanol–water partition coefficient (Wildman–Crippen LogP) is 3.92. The van der Waals surface area contributed by atoms with E-state index in [0.717, 1.165) is 21.4 Å². The van der Waals surface area contributed by atoms with Crippen molar-refractivity contribution in [2.24, 2.45) is 0 Å². The molecule has 104 valence electrons. The molecule has 1 N–H and O–H groups in total. The van der Waals surface area contributed by atoms with Crippen LogP contribution in [0.15, 0.2) is 28.8 Å². The van der Waals surface area contributed by atoms with Crippen LogP contribution in [0.3, 0.4) is 0 Å². The molecule has 0 amide bonds. The Labute approximate surface area is 118 Å². The van der Waals surface area contributed by atoms with Crippen LogP contribution in [-0.2, 0) is 0 Å². The second-order valence-electron chi connectivity index (χ2n) is 4.56. The number of aliphatic hydroxyl groups is 1. The van der Waals surface area contributed by atoms with Crippen molar-refractivity contribution in [2.75, 3.05) is 0 Å². The highest BCUT2D eigenvalue weighted by Crippen LogP contribution is 2.33. The quantitative estimate of drug-likeness (QED) is 0.791. The van der Waals surface area contributed by atoms with Gasteiger partial charge in [0.05, 0.1) is 4.88 Å². The van der Waals surface area contributed by atoms with Crippen molar-refractivity contribution in [3.8, 4) is 10.8 Å². The van der Waals surface area contributed by atoms with E-state index in [-0.39, 0.29) is 5.82 Å². The highest BCUT2D eigenvalue weighted by atomic mass is 32.1. The third kappa shape index (κ3) is 2.44. The standard InChI is InChI=1S/C14H13FN2O2S/c1-2-3-10(18)13-16-14(19-17-13)12-6-8-4-5-9(15)7-11(8)20-12/h4-7,10,18H,2-3H2,1H3. The summed E-state index contributed by atoms with van der Waals surface area (Å²) < 4.78 is 19.2. The minimum Gasteiger partial charge on any atom is -0.385 e. The van der Waals surface area contributed by atoms with Crippen molar-refractivity contribution in [1.29, 1.82) is 0 Å². The lowest BCUT2D eigenvalue weighted by molar-refractivity contribution is 0.153. The lowest BCUT2D eigenvalue weighted by Crippen LogP contribution is -1.98. The second-order valence-corrected chi connectivity index (χ2v) is 5.64. The maximum absolute atomic E-state index is 13.2. The van der Waals surface area contributed by atoms with Gasteiger partial charge >= 0.3 is 0 Å². The molecule has 0 spiro atoms. The SMILES string of the molecule is CCCC(O)c1noc(-c2cc3ccc(F)cc3s2)n1. The van der Waals surface area contributed by atoms with Gasteiger partial charge in [0.1, 0.15) is 11.9 Å². The summed E-state index contributed by atoms with van der Waals surface area (Å²) >= 11 is 1.39. The highest BCUT2D eigenvalue weighted by molar-refractivity contribution is 7.22. The van der Waals surface area contributed by atoms with Gasteiger partial charge in [-0.05, 0) is 30.0 Å². The fourth-order valence-electron chi connectivity index (χ4n) is 1.98. The first kappa shape index (κ1) is 13.2. The molecule has 0 aliphatic carbocycles. The average molecular weight is 292 g/mol. The fraction of sp³-hybridized carbons (Fsp3) is 0.286. The summed E-state index contributed by atoms with van der Waals surface area (Å²) in [6.45, 7) is 1.98. The Morgan fingerprint density at radius 1 is 1.40 bits per heavy atom. The average Bonchev–Trinajstić information content (AvgIpc) is 3.04. The van der Waals surface area contributed by atoms with Crippen molar-refractivity contribution in [3.05, 3.63) is 35.9 Å². The minimum atomic E-state index is -0.704. The highest BCUT2D eigenvalue weighted by Gasteiger charge is 2.17. The number of nitrogens with zero attached hydrogens (tertiary/aromatic N) is 2. The van der Waals surface area contributed by atoms with E-state index in [4.69, 9.17) is 4.52 Å². The van der Waals surface area contributed by atoms with Crippen LogP contribution in [0.25, 0.3) is 20.9 Å². The normalized spacial score (nSPS) is 12.9. The molecule has 6 heteroatoms. The summed E-state index contributed by atoms with van der Waals surface area (Å²) in [5.41, 5.74) is 0. The number of rotatable bonds is 4. The number of fused-ring (bicyclic) bond motifs is 1. The molecule has 1 unspecified atom stereocenters. The van der Waals surface area contributed by atoms with Crippen molar-refractivity contribution in [2.45, 2.75) is 25.9 Å². The number of halogens is 1. The Balaban J connectivity index is 1.94. The molecule has 0 bridgehead atoms. The van der Waals surface area contributed by atoms with Gasteiger partial charge in [-0.2, -0.15) is 4.98 Å². The number of aliphatic hydroxyl groups excluding tert-OH is 1. The smallest absolute Gasteiger partial charge is 0.268 e. The van der Waals surface area contributed by atoms with E-state index >= 15 is 0 Å². The zero-order chi connectivity index (χ0) is 14.1. The summed E-state index contributed by atoms with van der Waals surface area (Å²) in [7, 11) is 0. The summed E-state index contributed by atoms with van der Waals surface area (Å²) in [5, 5.41) is 14.6. The molecule has 0 saturated carbocycles. The second kappa shape index (κ2) is 5.30. The van der Waals surface area contributed by atoms with Crippen LogP contribution in [-0.4, -0.2) is 15.2 Å². The topological polar surface area (TPSA) is 59.2 Å². The van der Waals surface area contributed by atoms with E-state index in [0.29, 0.717) is 18.1 Å². The number of aromatic nitrogens is 2. The largest absolute Gasteiger partial charge is 0.385 e. The molecule has 4 nitrogen and oxygen atoms in total. The molecule has 1 atom stereocenters. The van der Waals surface area contributed by atoms with E-state index in [1.807, 2.05) is 13.0 Å². The van der Waals surface area contributed by atoms with Crippen LogP contribution in [0.5, 0.6) is 0 Å². The lowest BCUT2D eigenvalue weighted by atomic mass is 10.2. The van der Waals surface area contributed by atoms with Gasteiger partial charge in [0, 0.05) is 4.70 Å². The van der Waals surface area contributed by atoms with Gasteiger partial charge in [0.25, 0.3) is 5.89 Å². The molecule has 3 rings (SSSR count). The lowest BCUT2D eigenvalue weighted by Gasteiger charge is -2.00. The molecule has 2 heterocycles. The van der Waals surface area contributed by atoms with Crippen molar-refractivity contribution < 1.29 is 14.0 Å². The first-order valence-corrected chi connectivity index (χ1v) is 7.20. The van der Waals surface area contributed by atoms with Crippen LogP contribution < -0.4 is 0 Å². The molecule has 0 saturated heterocycles. The van der Waals surface area contributed by atoms with Gasteiger partial charge in [0.2, 0.25) is 5.82 Å². The first-order valence-electron chi connectivity index (χ1n) is 6.38. The Bertz CT molecular complexity index is 738. The van der Waals surface area contributed by atoms with Crippen LogP contribution in [0.1, 0.15) is 31.7 Å². The van der Waals surface area contributed by atoms with Gasteiger partial charge in [-0.15, -0.1) is 11.3 Å². The first-order chi connectivity index (χ1) is 9.67. The molecule has 2 aromatic heterocycles. The molecule has 3 aromatic rings. The zero-order valence-corrected chi connectivity index (χ0v) is 11.7. The molecule has 1 aromatic carbocycles. The maximum Gasteiger partial charge on any atom is 0.268 e. The Morgan fingerprint density at radius 2 is 2.25 bits per heavy atom. The third-order valence-electron chi connectivity index (χ3n) is 2.99. The molecule has 0 aliphatic heterocycles. The molecular formula is C14H13FN2O2S. The summed E-state index contributed by atoms with van der Waals surface area (Å²) in [4.78, 5) is 4.98. The predicted molar refractivity (Wildman–Crippen MR) is 74.9 cm³/mol. The summed E-state index contributed by atoms with van der Waals surface area (Å²) in [5.74, 6) is 0.387. The molecule has 0 aliphatic rings. The fourth-order valence-corrected chi connectivity index (χ4v) is 2.99. The van der Waals surface area contributed by atoms with Crippen molar-refractivity contribution >= 4 is 21.4 Å². The van der Waals surface area contributed by atoms with Gasteiger partial charge < -0.3 is 9.63 Å². The van der Waals surface area contributed by atoms with Gasteiger partial charge in [-0.1, -0.05) is 24.6 Å². The van der Waals surface area contributed by atoms with Crippen LogP contribution >= 0.6 is 11.3 Å². The Morgan fingerprint density at radius 3 is 3.05 bits per heavy atom. The summed E-state index contributed by atoms with van der Waals surface area (Å²) in [6, 6.07) is 6.49. The molecule has 0 radical (unpaired) electrons. The zero-order valence-electron chi connectivity index (χ0n) is 10.8. The Hall–Kier alpha value is -1.79. The minimum absolute atomic E-state index is 0.268. The third-order valence-corrected chi connectivity index (χ3v) is 4.08. The number of hydrogen-bond donors (Lipinski definition) is 1. The van der Waals surface area contributed by atoms with Crippen molar-refractivity contribution in [3.63, 3.8) is 0 Å². The van der Waals surface area contributed by atoms with E-state index in [2.05, 4.69) is 10.1 Å². The molecular weight excluding hydrogens is 279 g/mol. The Kier molecular flexibility index (Phi) is 3.50. The van der Waals surface area contributed by atoms with Crippen LogP contribution in [0.4, 0.5) is 4.39 Å². The van der Waals surface area contributed by atoms with Gasteiger partial charge in [-0.25, -0.2) is 4.39 Å². The number of benzene rings is 1.